The van der Waals surface area contributed by atoms with Crippen molar-refractivity contribution in [2.24, 2.45) is 11.8 Å². The topological polar surface area (TPSA) is 58.2 Å². The lowest BCUT2D eigenvalue weighted by molar-refractivity contribution is -0.128. The van der Waals surface area contributed by atoms with Crippen molar-refractivity contribution in [1.82, 2.24) is 5.32 Å². The maximum absolute atomic E-state index is 12.4. The summed E-state index contributed by atoms with van der Waals surface area (Å²) in [6.45, 7) is 5.85. The summed E-state index contributed by atoms with van der Waals surface area (Å²) < 4.78 is 0. The van der Waals surface area contributed by atoms with Gasteiger partial charge in [-0.1, -0.05) is 11.6 Å². The summed E-state index contributed by atoms with van der Waals surface area (Å²) in [5.74, 6) is 0.178. The molecule has 0 unspecified atom stereocenters. The molecule has 2 rings (SSSR count). The Morgan fingerprint density at radius 2 is 1.65 bits per heavy atom. The van der Waals surface area contributed by atoms with E-state index in [2.05, 4.69) is 10.6 Å². The minimum absolute atomic E-state index is 0.0202. The molecule has 0 aliphatic heterocycles. The number of rotatable bonds is 4. The van der Waals surface area contributed by atoms with Gasteiger partial charge >= 0.3 is 0 Å². The first-order valence-electron chi connectivity index (χ1n) is 8.24. The summed E-state index contributed by atoms with van der Waals surface area (Å²) >= 11 is 5.93. The number of carbonyl (C=O) groups excluding carboxylic acids is 2. The smallest absolute Gasteiger partial charge is 0.227 e. The molecule has 1 aliphatic rings. The quantitative estimate of drug-likeness (QED) is 0.875. The maximum atomic E-state index is 12.4. The number of nitrogens with one attached hydrogen (secondary N) is 2. The average molecular weight is 337 g/mol. The van der Waals surface area contributed by atoms with E-state index in [0.717, 1.165) is 36.9 Å². The van der Waals surface area contributed by atoms with Crippen molar-refractivity contribution in [1.29, 1.82) is 0 Å². The fraction of sp³-hybridized carbons (Fsp3) is 0.556. The van der Waals surface area contributed by atoms with E-state index in [1.807, 2.05) is 32.9 Å². The second-order valence-corrected chi connectivity index (χ2v) is 7.10. The standard InChI is InChI=1S/C18H25ClN2O2/c1-11(2)20-17(22)13-4-6-14(7-5-13)18(23)21-16-9-8-15(19)10-12(16)3/h8-11,13-14H,4-7H2,1-3H3,(H,20,22)(H,21,23). The van der Waals surface area contributed by atoms with E-state index in [-0.39, 0.29) is 29.7 Å². The average Bonchev–Trinajstić information content (AvgIpc) is 2.49. The van der Waals surface area contributed by atoms with Crippen molar-refractivity contribution in [2.75, 3.05) is 5.32 Å². The highest BCUT2D eigenvalue weighted by atomic mass is 35.5. The Labute approximate surface area is 143 Å². The predicted molar refractivity (Wildman–Crippen MR) is 93.5 cm³/mol. The highest BCUT2D eigenvalue weighted by molar-refractivity contribution is 6.30. The third-order valence-corrected chi connectivity index (χ3v) is 4.58. The van der Waals surface area contributed by atoms with Crippen LogP contribution in [0.2, 0.25) is 5.02 Å². The minimum atomic E-state index is -0.0202. The van der Waals surface area contributed by atoms with Crippen LogP contribution < -0.4 is 10.6 Å². The van der Waals surface area contributed by atoms with Crippen molar-refractivity contribution in [2.45, 2.75) is 52.5 Å². The van der Waals surface area contributed by atoms with E-state index >= 15 is 0 Å². The zero-order valence-corrected chi connectivity index (χ0v) is 14.7. The van der Waals surface area contributed by atoms with E-state index in [4.69, 9.17) is 11.6 Å². The molecule has 2 N–H and O–H groups in total. The van der Waals surface area contributed by atoms with Crippen molar-refractivity contribution in [3.8, 4) is 0 Å². The molecule has 23 heavy (non-hydrogen) atoms. The van der Waals surface area contributed by atoms with Gasteiger partial charge in [-0.2, -0.15) is 0 Å². The molecule has 4 nitrogen and oxygen atoms in total. The Bertz CT molecular complexity index is 578. The van der Waals surface area contributed by atoms with Crippen molar-refractivity contribution < 1.29 is 9.59 Å². The second kappa shape index (κ2) is 7.82. The lowest BCUT2D eigenvalue weighted by Gasteiger charge is -2.27. The number of hydrogen-bond acceptors (Lipinski definition) is 2. The zero-order chi connectivity index (χ0) is 17.0. The summed E-state index contributed by atoms with van der Waals surface area (Å²) in [5.41, 5.74) is 1.76. The van der Waals surface area contributed by atoms with Gasteiger partial charge in [0.05, 0.1) is 0 Å². The van der Waals surface area contributed by atoms with Gasteiger partial charge in [0, 0.05) is 28.6 Å². The van der Waals surface area contributed by atoms with Gasteiger partial charge in [-0.05, 0) is 70.2 Å². The molecule has 126 valence electrons. The van der Waals surface area contributed by atoms with Crippen LogP contribution in [0, 0.1) is 18.8 Å². The number of amides is 2. The number of hydrogen-bond donors (Lipinski definition) is 2. The number of benzene rings is 1. The first-order chi connectivity index (χ1) is 10.9. The molecule has 0 aromatic heterocycles. The third-order valence-electron chi connectivity index (χ3n) is 4.35. The van der Waals surface area contributed by atoms with Crippen LogP contribution in [0.3, 0.4) is 0 Å². The molecule has 0 saturated heterocycles. The van der Waals surface area contributed by atoms with Crippen LogP contribution in [0.15, 0.2) is 18.2 Å². The van der Waals surface area contributed by atoms with Gasteiger partial charge in [0.25, 0.3) is 0 Å². The highest BCUT2D eigenvalue weighted by Gasteiger charge is 2.30. The highest BCUT2D eigenvalue weighted by Crippen LogP contribution is 2.30. The molecule has 0 bridgehead atoms. The lowest BCUT2D eigenvalue weighted by Crippen LogP contribution is -2.38. The van der Waals surface area contributed by atoms with Crippen LogP contribution in [0.25, 0.3) is 0 Å². The van der Waals surface area contributed by atoms with Gasteiger partial charge in [-0.15, -0.1) is 0 Å². The van der Waals surface area contributed by atoms with Crippen molar-refractivity contribution in [3.63, 3.8) is 0 Å². The predicted octanol–water partition coefficient (Wildman–Crippen LogP) is 3.92. The molecule has 0 spiro atoms. The first-order valence-corrected chi connectivity index (χ1v) is 8.62. The minimum Gasteiger partial charge on any atom is -0.354 e. The molecular formula is C18H25ClN2O2. The summed E-state index contributed by atoms with van der Waals surface area (Å²) in [7, 11) is 0. The Hall–Kier alpha value is -1.55. The van der Waals surface area contributed by atoms with Gasteiger partial charge < -0.3 is 10.6 Å². The molecule has 0 heterocycles. The molecule has 0 radical (unpaired) electrons. The monoisotopic (exact) mass is 336 g/mol. The molecule has 0 atom stereocenters. The van der Waals surface area contributed by atoms with E-state index < -0.39 is 0 Å². The maximum Gasteiger partial charge on any atom is 0.227 e. The summed E-state index contributed by atoms with van der Waals surface area (Å²) in [6.07, 6.45) is 3.07. The molecule has 2 amide bonds. The molecule has 1 aliphatic carbocycles. The Balaban J connectivity index is 1.87. The summed E-state index contributed by atoms with van der Waals surface area (Å²) in [6, 6.07) is 5.61. The number of anilines is 1. The van der Waals surface area contributed by atoms with Crippen LogP contribution in [0.4, 0.5) is 5.69 Å². The number of halogens is 1. The normalized spacial score (nSPS) is 21.1. The van der Waals surface area contributed by atoms with Crippen LogP contribution in [-0.4, -0.2) is 17.9 Å². The third kappa shape index (κ3) is 4.96. The largest absolute Gasteiger partial charge is 0.354 e. The Kier molecular flexibility index (Phi) is 6.05. The second-order valence-electron chi connectivity index (χ2n) is 6.66. The Morgan fingerprint density at radius 1 is 1.09 bits per heavy atom. The van der Waals surface area contributed by atoms with E-state index in [0.29, 0.717) is 5.02 Å². The zero-order valence-electron chi connectivity index (χ0n) is 14.0. The first kappa shape index (κ1) is 17.8. The van der Waals surface area contributed by atoms with Gasteiger partial charge in [0.2, 0.25) is 11.8 Å². The molecular weight excluding hydrogens is 312 g/mol. The van der Waals surface area contributed by atoms with Crippen LogP contribution >= 0.6 is 11.6 Å². The van der Waals surface area contributed by atoms with Gasteiger partial charge in [-0.3, -0.25) is 9.59 Å². The molecule has 1 aromatic carbocycles. The van der Waals surface area contributed by atoms with Crippen molar-refractivity contribution >= 4 is 29.1 Å². The Morgan fingerprint density at radius 3 is 2.17 bits per heavy atom. The fourth-order valence-electron chi connectivity index (χ4n) is 3.02. The van der Waals surface area contributed by atoms with Crippen LogP contribution in [-0.2, 0) is 9.59 Å². The molecule has 5 heteroatoms. The van der Waals surface area contributed by atoms with Crippen LogP contribution in [0.5, 0.6) is 0 Å². The molecule has 1 saturated carbocycles. The van der Waals surface area contributed by atoms with E-state index in [1.165, 1.54) is 0 Å². The summed E-state index contributed by atoms with van der Waals surface area (Å²) in [4.78, 5) is 24.4. The fourth-order valence-corrected chi connectivity index (χ4v) is 3.25. The number of aryl methyl sites for hydroxylation is 1. The van der Waals surface area contributed by atoms with Gasteiger partial charge in [0.15, 0.2) is 0 Å². The van der Waals surface area contributed by atoms with Crippen molar-refractivity contribution in [3.05, 3.63) is 28.8 Å². The van der Waals surface area contributed by atoms with E-state index in [9.17, 15) is 9.59 Å². The van der Waals surface area contributed by atoms with E-state index in [1.54, 1.807) is 6.07 Å². The van der Waals surface area contributed by atoms with Crippen LogP contribution in [0.1, 0.15) is 45.1 Å². The lowest BCUT2D eigenvalue weighted by atomic mass is 9.81. The number of carbonyl (C=O) groups is 2. The summed E-state index contributed by atoms with van der Waals surface area (Å²) in [5, 5.41) is 6.61. The SMILES string of the molecule is Cc1cc(Cl)ccc1NC(=O)C1CCC(C(=O)NC(C)C)CC1. The molecule has 1 fully saturated rings. The van der Waals surface area contributed by atoms with Gasteiger partial charge in [-0.25, -0.2) is 0 Å². The van der Waals surface area contributed by atoms with Gasteiger partial charge in [0.1, 0.15) is 0 Å². The molecule has 1 aromatic rings.